The molecule has 0 unspecified atom stereocenters. The molecule has 5 aliphatic heterocycles. The summed E-state index contributed by atoms with van der Waals surface area (Å²) in [7, 11) is 0. The summed E-state index contributed by atoms with van der Waals surface area (Å²) in [5, 5.41) is 242. The van der Waals surface area contributed by atoms with Crippen molar-refractivity contribution in [2.24, 2.45) is 0 Å². The zero-order chi connectivity index (χ0) is 53.8. The molecule has 0 bridgehead atoms. The second-order valence-corrected chi connectivity index (χ2v) is 16.3. The van der Waals surface area contributed by atoms with Gasteiger partial charge in [0.05, 0.1) is 46.2 Å². The first kappa shape index (κ1) is 64.5. The number of aliphatic hydroxyl groups is 26. The van der Waals surface area contributed by atoms with Crippen molar-refractivity contribution in [2.75, 3.05) is 59.5 Å². The van der Waals surface area contributed by atoms with Crippen LogP contribution < -0.4 is 0 Å². The first-order valence-electron chi connectivity index (χ1n) is 21.0. The van der Waals surface area contributed by atoms with Crippen molar-refractivity contribution in [2.45, 2.75) is 158 Å². The van der Waals surface area contributed by atoms with E-state index < -0.39 is 218 Å². The predicted octanol–water partition coefficient (Wildman–Crippen LogP) is -17.4. The zero-order valence-electron chi connectivity index (χ0n) is 36.6. The number of rotatable bonds is 17. The second kappa shape index (κ2) is 28.3. The minimum Gasteiger partial charge on any atom is -0.394 e. The maximum absolute atomic E-state index is 10.00. The highest BCUT2D eigenvalue weighted by molar-refractivity contribution is 5.56. The number of aldehydes is 1. The highest BCUT2D eigenvalue weighted by Crippen LogP contribution is 2.37. The molecule has 0 aromatic carbocycles. The Morgan fingerprint density at radius 2 is 0.771 bits per heavy atom. The van der Waals surface area contributed by atoms with Crippen molar-refractivity contribution in [1.82, 2.24) is 0 Å². The molecule has 5 saturated heterocycles. The molecule has 0 spiro atoms. The van der Waals surface area contributed by atoms with Gasteiger partial charge >= 0.3 is 0 Å². The van der Waals surface area contributed by atoms with Gasteiger partial charge in [0.2, 0.25) is 17.4 Å². The first-order chi connectivity index (χ1) is 32.7. The van der Waals surface area contributed by atoms with Crippen molar-refractivity contribution in [1.29, 1.82) is 0 Å². The first-order valence-corrected chi connectivity index (χ1v) is 21.0. The summed E-state index contributed by atoms with van der Waals surface area (Å²) in [6.07, 6.45) is -36.2. The molecule has 5 fully saturated rings. The molecular formula is C36H68O34. The zero-order valence-corrected chi connectivity index (χ0v) is 36.6. The minimum atomic E-state index is -2.22. The lowest BCUT2D eigenvalue weighted by Crippen LogP contribution is -2.62. The third kappa shape index (κ3) is 14.4. The van der Waals surface area contributed by atoms with E-state index in [9.17, 15) is 71.2 Å². The average Bonchev–Trinajstić information content (AvgIpc) is 3.87. The number of carbonyl (C=O) groups is 1. The lowest BCUT2D eigenvalue weighted by molar-refractivity contribution is -0.383. The van der Waals surface area contributed by atoms with Gasteiger partial charge in [0, 0.05) is 0 Å². The molecule has 70 heavy (non-hydrogen) atoms. The number of hydrogen-bond donors (Lipinski definition) is 26. The standard InChI is InChI=1S/2C12H22O11.2C6H12O6/c2*13-1-4-6(16)8(18)9(19)11(21-4)23-12(3-15)10(20)7(17)5(2-14)22-12;7-1-3-4(9)5(10)6(11,2-8)12-3;7-1-3(9)5(11)6(12)4(10)2-8/h2*4-11,13-20H,1-3H2;3-5,7-11H,1-2H2;1,3-6,8-12H,2H2/t2*4-,5-,6-,7-,8+,9-,10+,11-,12+;3-,4-,5+,6-;3-,4+,5+,6+/m1110/s1. The summed E-state index contributed by atoms with van der Waals surface area (Å²) in [4.78, 5) is 9.90. The van der Waals surface area contributed by atoms with E-state index in [0.717, 1.165) is 0 Å². The maximum atomic E-state index is 10.00. The van der Waals surface area contributed by atoms with Crippen molar-refractivity contribution in [3.05, 3.63) is 0 Å². The van der Waals surface area contributed by atoms with Crippen LogP contribution >= 0.6 is 0 Å². The quantitative estimate of drug-likeness (QED) is 0.0602. The van der Waals surface area contributed by atoms with Gasteiger partial charge in [-0.15, -0.1) is 0 Å². The minimum absolute atomic E-state index is 0.0258. The van der Waals surface area contributed by atoms with Crippen LogP contribution in [0.15, 0.2) is 0 Å². The van der Waals surface area contributed by atoms with Gasteiger partial charge in [-0.25, -0.2) is 0 Å². The van der Waals surface area contributed by atoms with E-state index in [4.69, 9.17) is 94.8 Å². The summed E-state index contributed by atoms with van der Waals surface area (Å²) in [5.41, 5.74) is 0. The van der Waals surface area contributed by atoms with E-state index in [0.29, 0.717) is 0 Å². The van der Waals surface area contributed by atoms with Crippen LogP contribution in [0.5, 0.6) is 0 Å². The lowest BCUT2D eigenvalue weighted by atomic mass is 9.99. The Labute approximate surface area is 394 Å². The Bertz CT molecular complexity index is 1420. The van der Waals surface area contributed by atoms with Gasteiger partial charge in [-0.1, -0.05) is 0 Å². The fourth-order valence-electron chi connectivity index (χ4n) is 7.03. The molecule has 26 N–H and O–H groups in total. The van der Waals surface area contributed by atoms with Gasteiger partial charge in [0.25, 0.3) is 0 Å². The summed E-state index contributed by atoms with van der Waals surface area (Å²) in [6, 6.07) is 0. The molecule has 0 saturated carbocycles. The van der Waals surface area contributed by atoms with E-state index in [-0.39, 0.29) is 6.29 Å². The van der Waals surface area contributed by atoms with E-state index in [1.54, 1.807) is 0 Å². The largest absolute Gasteiger partial charge is 0.394 e. The van der Waals surface area contributed by atoms with Gasteiger partial charge in [-0.2, -0.15) is 0 Å². The molecule has 5 aliphatic rings. The van der Waals surface area contributed by atoms with Crippen LogP contribution in [0.25, 0.3) is 0 Å². The van der Waals surface area contributed by atoms with Crippen LogP contribution in [-0.4, -0.2) is 357 Å². The van der Waals surface area contributed by atoms with Gasteiger partial charge < -0.3 is 171 Å². The predicted molar refractivity (Wildman–Crippen MR) is 210 cm³/mol. The molecule has 0 radical (unpaired) electrons. The molecule has 0 amide bonds. The van der Waals surface area contributed by atoms with Gasteiger partial charge in [0.1, 0.15) is 141 Å². The van der Waals surface area contributed by atoms with Crippen LogP contribution in [0, 0.1) is 0 Å². The molecule has 26 atom stereocenters. The molecule has 0 aliphatic carbocycles. The Kier molecular flexibility index (Phi) is 26.1. The molecule has 416 valence electrons. The smallest absolute Gasteiger partial charge is 0.224 e. The van der Waals surface area contributed by atoms with Crippen LogP contribution in [0.3, 0.4) is 0 Å². The van der Waals surface area contributed by atoms with Crippen molar-refractivity contribution >= 4 is 6.29 Å². The molecule has 5 heterocycles. The number of hydrogen-bond acceptors (Lipinski definition) is 34. The fraction of sp³-hybridized carbons (Fsp3) is 0.972. The highest BCUT2D eigenvalue weighted by atomic mass is 16.8. The summed E-state index contributed by atoms with van der Waals surface area (Å²) in [5.74, 6) is -6.60. The van der Waals surface area contributed by atoms with Crippen molar-refractivity contribution < 1.29 is 171 Å². The normalized spacial score (nSPS) is 45.5. The van der Waals surface area contributed by atoms with E-state index >= 15 is 0 Å². The van der Waals surface area contributed by atoms with Crippen LogP contribution in [0.4, 0.5) is 0 Å². The fourth-order valence-corrected chi connectivity index (χ4v) is 7.03. The van der Waals surface area contributed by atoms with E-state index in [2.05, 4.69) is 4.74 Å². The maximum Gasteiger partial charge on any atom is 0.224 e. The third-order valence-electron chi connectivity index (χ3n) is 11.5. The van der Waals surface area contributed by atoms with Crippen molar-refractivity contribution in [3.63, 3.8) is 0 Å². The molecule has 34 heteroatoms. The molecule has 5 rings (SSSR count). The molecule has 34 nitrogen and oxygen atoms in total. The molecular weight excluding hydrogens is 976 g/mol. The van der Waals surface area contributed by atoms with Crippen LogP contribution in [0.2, 0.25) is 0 Å². The summed E-state index contributed by atoms with van der Waals surface area (Å²) < 4.78 is 35.5. The monoisotopic (exact) mass is 1040 g/mol. The topological polar surface area (TPSA) is 608 Å². The van der Waals surface area contributed by atoms with E-state index in [1.165, 1.54) is 0 Å². The lowest BCUT2D eigenvalue weighted by Gasteiger charge is -2.43. The van der Waals surface area contributed by atoms with Crippen LogP contribution in [-0.2, 0) is 38.0 Å². The Morgan fingerprint density at radius 1 is 0.429 bits per heavy atom. The Morgan fingerprint density at radius 3 is 1.03 bits per heavy atom. The van der Waals surface area contributed by atoms with E-state index in [1.807, 2.05) is 0 Å². The Balaban J connectivity index is 0.000000336. The number of ether oxygens (including phenoxy) is 7. The van der Waals surface area contributed by atoms with Gasteiger partial charge in [0.15, 0.2) is 18.9 Å². The average molecular weight is 1040 g/mol. The second-order valence-electron chi connectivity index (χ2n) is 16.3. The van der Waals surface area contributed by atoms with Crippen molar-refractivity contribution in [3.8, 4) is 0 Å². The summed E-state index contributed by atoms with van der Waals surface area (Å²) >= 11 is 0. The molecule has 0 aromatic rings. The van der Waals surface area contributed by atoms with Gasteiger partial charge in [-0.3, -0.25) is 0 Å². The van der Waals surface area contributed by atoms with Crippen LogP contribution in [0.1, 0.15) is 0 Å². The molecule has 0 aromatic heterocycles. The Hall–Kier alpha value is -1.65. The number of carbonyl (C=O) groups excluding carboxylic acids is 1. The van der Waals surface area contributed by atoms with Gasteiger partial charge in [-0.05, 0) is 0 Å². The number of aliphatic hydroxyl groups excluding tert-OH is 25. The highest BCUT2D eigenvalue weighted by Gasteiger charge is 2.60. The third-order valence-corrected chi connectivity index (χ3v) is 11.5. The summed E-state index contributed by atoms with van der Waals surface area (Å²) in [6.45, 7) is -6.76. The SMILES string of the molecule is O=C[C@H](O)[C@@H](O)[C@H](O)[C@H](O)CO.OC[C@H]1O[C@@](CO)(O[C@H]2O[C@H](CO)[C@@H](O)[C@H](O)[C@H]2O)[C@@H](O)[C@@H]1O.OC[C@H]1O[C@@](CO)(O[C@H]2O[C@H](CO)[C@@H](O)[C@H](O)[C@H]2O)[C@@H](O)[C@@H]1O.OC[C@H]1O[C@](O)(CO)[C@@H](O)[C@@H]1O.